The second-order valence-electron chi connectivity index (χ2n) is 5.23. The van der Waals surface area contributed by atoms with Gasteiger partial charge in [0.2, 0.25) is 0 Å². The highest BCUT2D eigenvalue weighted by Crippen LogP contribution is 2.33. The van der Waals surface area contributed by atoms with Crippen LogP contribution in [0.15, 0.2) is 0 Å². The molecule has 0 aromatic heterocycles. The monoisotopic (exact) mass is 199 g/mol. The van der Waals surface area contributed by atoms with Gasteiger partial charge < -0.3 is 5.11 Å². The molecule has 84 valence electrons. The normalized spacial score (nSPS) is 23.6. The van der Waals surface area contributed by atoms with Crippen molar-refractivity contribution in [3.05, 3.63) is 0 Å². The van der Waals surface area contributed by atoms with Crippen molar-refractivity contribution in [2.75, 3.05) is 19.7 Å². The molecule has 1 heterocycles. The molecule has 1 rings (SSSR count). The molecule has 0 aromatic carbocycles. The third kappa shape index (κ3) is 2.29. The van der Waals surface area contributed by atoms with Gasteiger partial charge in [-0.15, -0.1) is 0 Å². The minimum absolute atomic E-state index is 0.236. The van der Waals surface area contributed by atoms with Gasteiger partial charge >= 0.3 is 0 Å². The van der Waals surface area contributed by atoms with E-state index in [1.807, 2.05) is 0 Å². The maximum absolute atomic E-state index is 9.05. The van der Waals surface area contributed by atoms with Gasteiger partial charge in [-0.3, -0.25) is 4.90 Å². The lowest BCUT2D eigenvalue weighted by Crippen LogP contribution is -2.59. The summed E-state index contributed by atoms with van der Waals surface area (Å²) in [7, 11) is 0. The molecule has 0 aliphatic carbocycles. The van der Waals surface area contributed by atoms with E-state index in [-0.39, 0.29) is 5.54 Å². The Morgan fingerprint density at radius 2 is 2.00 bits per heavy atom. The first kappa shape index (κ1) is 12.0. The van der Waals surface area contributed by atoms with Gasteiger partial charge in [0.05, 0.1) is 0 Å². The van der Waals surface area contributed by atoms with Gasteiger partial charge in [-0.2, -0.15) is 0 Å². The van der Waals surface area contributed by atoms with Gasteiger partial charge in [-0.25, -0.2) is 0 Å². The zero-order valence-corrected chi connectivity index (χ0v) is 10.1. The Kier molecular flexibility index (Phi) is 3.96. The van der Waals surface area contributed by atoms with E-state index >= 15 is 0 Å². The molecule has 1 N–H and O–H groups in total. The summed E-state index contributed by atoms with van der Waals surface area (Å²) in [4.78, 5) is 2.54. The molecular weight excluding hydrogens is 174 g/mol. The van der Waals surface area contributed by atoms with E-state index < -0.39 is 0 Å². The first-order valence-electron chi connectivity index (χ1n) is 5.89. The maximum Gasteiger partial charge on any atom is 0.0448 e. The van der Waals surface area contributed by atoms with Crippen LogP contribution < -0.4 is 0 Å². The number of likely N-dealkylation sites (tertiary alicyclic amines) is 1. The summed E-state index contributed by atoms with van der Waals surface area (Å²) < 4.78 is 0. The number of hydrogen-bond acceptors (Lipinski definition) is 2. The topological polar surface area (TPSA) is 23.5 Å². The molecule has 1 saturated heterocycles. The average molecular weight is 199 g/mol. The standard InChI is InChI=1S/C12H25NO/c1-5-12(4,6-7-14)13-8-11(9-13)10(2)3/h10-11,14H,5-9H2,1-4H3. The molecule has 0 radical (unpaired) electrons. The number of aliphatic hydroxyl groups is 1. The lowest BCUT2D eigenvalue weighted by atomic mass is 9.81. The second-order valence-corrected chi connectivity index (χ2v) is 5.23. The third-order valence-corrected chi connectivity index (χ3v) is 4.03. The Labute approximate surface area is 88.3 Å². The Hall–Kier alpha value is -0.0800. The van der Waals surface area contributed by atoms with Crippen LogP contribution in [0.25, 0.3) is 0 Å². The minimum Gasteiger partial charge on any atom is -0.396 e. The molecule has 2 heteroatoms. The quantitative estimate of drug-likeness (QED) is 0.733. The maximum atomic E-state index is 9.05. The highest BCUT2D eigenvalue weighted by Gasteiger charge is 2.39. The average Bonchev–Trinajstić information content (AvgIpc) is 2.01. The molecule has 0 spiro atoms. The van der Waals surface area contributed by atoms with Gasteiger partial charge in [0.25, 0.3) is 0 Å². The zero-order valence-electron chi connectivity index (χ0n) is 10.1. The van der Waals surface area contributed by atoms with Crippen molar-refractivity contribution < 1.29 is 5.11 Å². The summed E-state index contributed by atoms with van der Waals surface area (Å²) in [6.45, 7) is 11.9. The van der Waals surface area contributed by atoms with E-state index in [1.54, 1.807) is 0 Å². The van der Waals surface area contributed by atoms with Crippen LogP contribution in [0.3, 0.4) is 0 Å². The van der Waals surface area contributed by atoms with Crippen molar-refractivity contribution in [3.63, 3.8) is 0 Å². The van der Waals surface area contributed by atoms with E-state index in [2.05, 4.69) is 32.6 Å². The summed E-state index contributed by atoms with van der Waals surface area (Å²) in [5.74, 6) is 1.68. The summed E-state index contributed by atoms with van der Waals surface area (Å²) in [5.41, 5.74) is 0.236. The van der Waals surface area contributed by atoms with Gasteiger partial charge in [0.1, 0.15) is 0 Å². The van der Waals surface area contributed by atoms with Crippen molar-refractivity contribution in [1.82, 2.24) is 4.90 Å². The van der Waals surface area contributed by atoms with Crippen LogP contribution in [0.5, 0.6) is 0 Å². The molecule has 0 aromatic rings. The van der Waals surface area contributed by atoms with Crippen molar-refractivity contribution >= 4 is 0 Å². The van der Waals surface area contributed by atoms with Crippen LogP contribution >= 0.6 is 0 Å². The van der Waals surface area contributed by atoms with Crippen LogP contribution in [0.4, 0.5) is 0 Å². The lowest BCUT2D eigenvalue weighted by Gasteiger charge is -2.52. The highest BCUT2D eigenvalue weighted by atomic mass is 16.3. The summed E-state index contributed by atoms with van der Waals surface area (Å²) in [6.07, 6.45) is 2.05. The Bertz CT molecular complexity index is 175. The van der Waals surface area contributed by atoms with E-state index in [1.165, 1.54) is 13.1 Å². The summed E-state index contributed by atoms with van der Waals surface area (Å²) >= 11 is 0. The molecule has 1 atom stereocenters. The van der Waals surface area contributed by atoms with E-state index in [9.17, 15) is 0 Å². The smallest absolute Gasteiger partial charge is 0.0448 e. The Morgan fingerprint density at radius 3 is 2.36 bits per heavy atom. The van der Waals surface area contributed by atoms with Crippen molar-refractivity contribution in [2.24, 2.45) is 11.8 Å². The Balaban J connectivity index is 2.42. The Morgan fingerprint density at radius 1 is 1.43 bits per heavy atom. The van der Waals surface area contributed by atoms with Gasteiger partial charge in [0.15, 0.2) is 0 Å². The number of nitrogens with zero attached hydrogens (tertiary/aromatic N) is 1. The van der Waals surface area contributed by atoms with Gasteiger partial charge in [-0.1, -0.05) is 20.8 Å². The number of hydrogen-bond donors (Lipinski definition) is 1. The fraction of sp³-hybridized carbons (Fsp3) is 1.00. The van der Waals surface area contributed by atoms with E-state index in [0.29, 0.717) is 6.61 Å². The molecule has 14 heavy (non-hydrogen) atoms. The lowest BCUT2D eigenvalue weighted by molar-refractivity contribution is -0.0368. The van der Waals surface area contributed by atoms with Crippen LogP contribution in [-0.4, -0.2) is 35.2 Å². The highest BCUT2D eigenvalue weighted by molar-refractivity contribution is 4.94. The van der Waals surface area contributed by atoms with E-state index in [0.717, 1.165) is 24.7 Å². The van der Waals surface area contributed by atoms with Crippen LogP contribution in [0.2, 0.25) is 0 Å². The fourth-order valence-corrected chi connectivity index (χ4v) is 2.17. The first-order chi connectivity index (χ1) is 6.53. The second kappa shape index (κ2) is 4.63. The van der Waals surface area contributed by atoms with Crippen molar-refractivity contribution in [3.8, 4) is 0 Å². The van der Waals surface area contributed by atoms with Crippen LogP contribution in [0.1, 0.15) is 40.5 Å². The molecule has 0 saturated carbocycles. The summed E-state index contributed by atoms with van der Waals surface area (Å²) in [6, 6.07) is 0. The fourth-order valence-electron chi connectivity index (χ4n) is 2.17. The molecule has 1 aliphatic rings. The van der Waals surface area contributed by atoms with Crippen molar-refractivity contribution in [1.29, 1.82) is 0 Å². The van der Waals surface area contributed by atoms with Crippen LogP contribution in [-0.2, 0) is 0 Å². The molecule has 0 amide bonds. The van der Waals surface area contributed by atoms with Crippen molar-refractivity contribution in [2.45, 2.75) is 46.1 Å². The molecular formula is C12H25NO. The third-order valence-electron chi connectivity index (χ3n) is 4.03. The summed E-state index contributed by atoms with van der Waals surface area (Å²) in [5, 5.41) is 9.05. The van der Waals surface area contributed by atoms with Gasteiger partial charge in [0, 0.05) is 25.2 Å². The largest absolute Gasteiger partial charge is 0.396 e. The molecule has 1 fully saturated rings. The SMILES string of the molecule is CCC(C)(CCO)N1CC(C(C)C)C1. The molecule has 1 aliphatic heterocycles. The first-order valence-corrected chi connectivity index (χ1v) is 5.89. The van der Waals surface area contributed by atoms with Crippen LogP contribution in [0, 0.1) is 11.8 Å². The van der Waals surface area contributed by atoms with E-state index in [4.69, 9.17) is 5.11 Å². The number of rotatable bonds is 5. The molecule has 2 nitrogen and oxygen atoms in total. The predicted octanol–water partition coefficient (Wildman–Crippen LogP) is 2.13. The predicted molar refractivity (Wildman–Crippen MR) is 60.3 cm³/mol. The minimum atomic E-state index is 0.236. The molecule has 1 unspecified atom stereocenters. The van der Waals surface area contributed by atoms with Gasteiger partial charge in [-0.05, 0) is 31.6 Å². The molecule has 0 bridgehead atoms. The number of aliphatic hydroxyl groups excluding tert-OH is 1. The zero-order chi connectivity index (χ0) is 10.8.